The fraction of sp³-hybridized carbons (Fsp3) is 0.538. The lowest BCUT2D eigenvalue weighted by atomic mass is 10.1. The number of sulfone groups is 1. The SMILES string of the molecule is CC1CS(=O)(=O)CCN1c1ccc([C@@H](C)O)cc1. The van der Waals surface area contributed by atoms with Gasteiger partial charge in [0.1, 0.15) is 0 Å². The number of aliphatic hydroxyl groups excluding tert-OH is 1. The summed E-state index contributed by atoms with van der Waals surface area (Å²) in [5, 5.41) is 9.45. The van der Waals surface area contributed by atoms with E-state index in [1.54, 1.807) is 6.92 Å². The highest BCUT2D eigenvalue weighted by Crippen LogP contribution is 2.23. The van der Waals surface area contributed by atoms with Crippen molar-refractivity contribution in [3.05, 3.63) is 29.8 Å². The molecule has 0 aliphatic carbocycles. The fourth-order valence-electron chi connectivity index (χ4n) is 2.33. The number of hydrogen-bond donors (Lipinski definition) is 1. The molecule has 0 bridgehead atoms. The molecular formula is C13H19NO3S. The van der Waals surface area contributed by atoms with E-state index in [0.717, 1.165) is 11.3 Å². The minimum absolute atomic E-state index is 0.00106. The van der Waals surface area contributed by atoms with Gasteiger partial charge in [0.2, 0.25) is 0 Å². The molecule has 1 aliphatic heterocycles. The average molecular weight is 269 g/mol. The largest absolute Gasteiger partial charge is 0.389 e. The zero-order chi connectivity index (χ0) is 13.3. The lowest BCUT2D eigenvalue weighted by Gasteiger charge is -2.35. The van der Waals surface area contributed by atoms with Crippen molar-refractivity contribution < 1.29 is 13.5 Å². The van der Waals surface area contributed by atoms with Crippen LogP contribution in [0.4, 0.5) is 5.69 Å². The van der Waals surface area contributed by atoms with Gasteiger partial charge in [0.15, 0.2) is 9.84 Å². The molecule has 0 aromatic heterocycles. The Kier molecular flexibility index (Phi) is 3.64. The van der Waals surface area contributed by atoms with Crippen LogP contribution in [0.15, 0.2) is 24.3 Å². The van der Waals surface area contributed by atoms with Gasteiger partial charge in [0.25, 0.3) is 0 Å². The maximum absolute atomic E-state index is 11.5. The van der Waals surface area contributed by atoms with Crippen molar-refractivity contribution in [3.8, 4) is 0 Å². The predicted molar refractivity (Wildman–Crippen MR) is 72.5 cm³/mol. The van der Waals surface area contributed by atoms with Crippen molar-refractivity contribution in [3.63, 3.8) is 0 Å². The average Bonchev–Trinajstić information content (AvgIpc) is 2.28. The molecule has 4 nitrogen and oxygen atoms in total. The van der Waals surface area contributed by atoms with Crippen molar-refractivity contribution in [1.29, 1.82) is 0 Å². The van der Waals surface area contributed by atoms with E-state index in [4.69, 9.17) is 0 Å². The first-order chi connectivity index (χ1) is 8.39. The number of benzene rings is 1. The minimum Gasteiger partial charge on any atom is -0.389 e. The summed E-state index contributed by atoms with van der Waals surface area (Å²) in [5.74, 6) is 0.431. The Hall–Kier alpha value is -1.07. The summed E-state index contributed by atoms with van der Waals surface area (Å²) in [6.07, 6.45) is -0.474. The van der Waals surface area contributed by atoms with Gasteiger partial charge in [-0.2, -0.15) is 0 Å². The highest BCUT2D eigenvalue weighted by Gasteiger charge is 2.28. The van der Waals surface area contributed by atoms with Gasteiger partial charge in [-0.05, 0) is 31.5 Å². The number of aliphatic hydroxyl groups is 1. The van der Waals surface area contributed by atoms with Crippen LogP contribution in [0.5, 0.6) is 0 Å². The van der Waals surface area contributed by atoms with E-state index in [9.17, 15) is 13.5 Å². The van der Waals surface area contributed by atoms with Crippen molar-refractivity contribution >= 4 is 15.5 Å². The maximum Gasteiger partial charge on any atom is 0.154 e. The van der Waals surface area contributed by atoms with E-state index >= 15 is 0 Å². The molecule has 5 heteroatoms. The van der Waals surface area contributed by atoms with Crippen LogP contribution in [0.3, 0.4) is 0 Å². The Balaban J connectivity index is 2.17. The van der Waals surface area contributed by atoms with Crippen LogP contribution >= 0.6 is 0 Å². The monoisotopic (exact) mass is 269 g/mol. The second kappa shape index (κ2) is 4.90. The lowest BCUT2D eigenvalue weighted by molar-refractivity contribution is 0.199. The van der Waals surface area contributed by atoms with Crippen molar-refractivity contribution in [2.75, 3.05) is 23.0 Å². The van der Waals surface area contributed by atoms with Gasteiger partial charge < -0.3 is 10.0 Å². The highest BCUT2D eigenvalue weighted by atomic mass is 32.2. The summed E-state index contributed by atoms with van der Waals surface area (Å²) in [5.41, 5.74) is 1.89. The van der Waals surface area contributed by atoms with E-state index in [1.807, 2.05) is 31.2 Å². The van der Waals surface area contributed by atoms with Gasteiger partial charge in [-0.15, -0.1) is 0 Å². The Morgan fingerprint density at radius 1 is 1.33 bits per heavy atom. The quantitative estimate of drug-likeness (QED) is 0.881. The van der Waals surface area contributed by atoms with Gasteiger partial charge in [0.05, 0.1) is 17.6 Å². The first-order valence-electron chi connectivity index (χ1n) is 6.14. The van der Waals surface area contributed by atoms with Crippen LogP contribution in [-0.2, 0) is 9.84 Å². The number of rotatable bonds is 2. The number of hydrogen-bond acceptors (Lipinski definition) is 4. The summed E-state index contributed by atoms with van der Waals surface area (Å²) >= 11 is 0. The molecule has 100 valence electrons. The maximum atomic E-state index is 11.5. The third-order valence-electron chi connectivity index (χ3n) is 3.38. The molecule has 0 spiro atoms. The molecule has 1 unspecified atom stereocenters. The lowest BCUT2D eigenvalue weighted by Crippen LogP contribution is -2.47. The van der Waals surface area contributed by atoms with Crippen LogP contribution in [0, 0.1) is 0 Å². The first-order valence-corrected chi connectivity index (χ1v) is 7.96. The van der Waals surface area contributed by atoms with Crippen LogP contribution in [0.1, 0.15) is 25.5 Å². The van der Waals surface area contributed by atoms with Gasteiger partial charge in [-0.1, -0.05) is 12.1 Å². The first kappa shape index (κ1) is 13.4. The van der Waals surface area contributed by atoms with E-state index in [1.165, 1.54) is 0 Å². The van der Waals surface area contributed by atoms with E-state index in [0.29, 0.717) is 6.54 Å². The minimum atomic E-state index is -2.88. The summed E-state index contributed by atoms with van der Waals surface area (Å²) < 4.78 is 23.0. The number of anilines is 1. The standard InChI is InChI=1S/C13H19NO3S/c1-10-9-18(16,17)8-7-14(10)13-5-3-12(4-6-13)11(2)15/h3-6,10-11,15H,7-9H2,1-2H3/t10?,11-/m1/s1. The molecule has 0 radical (unpaired) electrons. The third kappa shape index (κ3) is 2.84. The van der Waals surface area contributed by atoms with Crippen LogP contribution in [-0.4, -0.2) is 37.6 Å². The van der Waals surface area contributed by atoms with Gasteiger partial charge in [-0.3, -0.25) is 0 Å². The van der Waals surface area contributed by atoms with Gasteiger partial charge in [0, 0.05) is 18.3 Å². The molecule has 1 N–H and O–H groups in total. The Morgan fingerprint density at radius 2 is 1.94 bits per heavy atom. The Morgan fingerprint density at radius 3 is 2.44 bits per heavy atom. The molecular weight excluding hydrogens is 250 g/mol. The topological polar surface area (TPSA) is 57.6 Å². The summed E-state index contributed by atoms with van der Waals surface area (Å²) in [7, 11) is -2.88. The Bertz CT molecular complexity index is 508. The number of nitrogens with zero attached hydrogens (tertiary/aromatic N) is 1. The molecule has 18 heavy (non-hydrogen) atoms. The van der Waals surface area contributed by atoms with Crippen molar-refractivity contribution in [2.24, 2.45) is 0 Å². The smallest absolute Gasteiger partial charge is 0.154 e. The second-order valence-corrected chi connectivity index (χ2v) is 7.15. The summed E-state index contributed by atoms with van der Waals surface area (Å²) in [6, 6.07) is 7.65. The molecule has 1 saturated heterocycles. The molecule has 1 aromatic rings. The Labute approximate surface area is 108 Å². The van der Waals surface area contributed by atoms with Crippen LogP contribution < -0.4 is 4.90 Å². The molecule has 1 aliphatic rings. The van der Waals surface area contributed by atoms with E-state index in [2.05, 4.69) is 4.90 Å². The highest BCUT2D eigenvalue weighted by molar-refractivity contribution is 7.91. The van der Waals surface area contributed by atoms with Gasteiger partial charge >= 0.3 is 0 Å². The predicted octanol–water partition coefficient (Wildman–Crippen LogP) is 1.36. The van der Waals surface area contributed by atoms with Crippen LogP contribution in [0.2, 0.25) is 0 Å². The summed E-state index contributed by atoms with van der Waals surface area (Å²) in [4.78, 5) is 2.10. The molecule has 1 heterocycles. The zero-order valence-corrected chi connectivity index (χ0v) is 11.5. The van der Waals surface area contributed by atoms with E-state index in [-0.39, 0.29) is 17.5 Å². The zero-order valence-electron chi connectivity index (χ0n) is 10.7. The third-order valence-corrected chi connectivity index (χ3v) is 5.17. The van der Waals surface area contributed by atoms with Gasteiger partial charge in [-0.25, -0.2) is 8.42 Å². The molecule has 1 fully saturated rings. The molecule has 2 atom stereocenters. The van der Waals surface area contributed by atoms with Crippen molar-refractivity contribution in [1.82, 2.24) is 0 Å². The second-order valence-electron chi connectivity index (χ2n) is 4.92. The van der Waals surface area contributed by atoms with E-state index < -0.39 is 15.9 Å². The normalized spacial score (nSPS) is 24.8. The molecule has 2 rings (SSSR count). The molecule has 0 saturated carbocycles. The summed E-state index contributed by atoms with van der Waals surface area (Å²) in [6.45, 7) is 4.20. The fourth-order valence-corrected chi connectivity index (χ4v) is 3.88. The van der Waals surface area contributed by atoms with Crippen LogP contribution in [0.25, 0.3) is 0 Å². The molecule has 0 amide bonds. The molecule has 1 aromatic carbocycles. The van der Waals surface area contributed by atoms with Crippen molar-refractivity contribution in [2.45, 2.75) is 26.0 Å².